The molecular weight excluding hydrogens is 318 g/mol. The maximum atomic E-state index is 12.6. The maximum absolute atomic E-state index is 12.6. The molecule has 0 bridgehead atoms. The molecule has 1 aliphatic rings. The van der Waals surface area contributed by atoms with E-state index in [2.05, 4.69) is 10.2 Å². The number of aryl methyl sites for hydroxylation is 2. The molecule has 1 N–H and O–H groups in total. The van der Waals surface area contributed by atoms with Crippen molar-refractivity contribution in [3.05, 3.63) is 23.2 Å². The number of likely N-dealkylation sites (tertiary alicyclic amines) is 1. The zero-order valence-corrected chi connectivity index (χ0v) is 15.8. The minimum atomic E-state index is -0.0713. The molecule has 2 heterocycles. The predicted octanol–water partition coefficient (Wildman–Crippen LogP) is 2.35. The molecule has 2 amide bonds. The third-order valence-electron chi connectivity index (χ3n) is 4.75. The van der Waals surface area contributed by atoms with Crippen molar-refractivity contribution in [2.75, 3.05) is 39.3 Å². The molecule has 0 spiro atoms. The van der Waals surface area contributed by atoms with Crippen molar-refractivity contribution in [1.82, 2.24) is 15.1 Å². The van der Waals surface area contributed by atoms with Crippen molar-refractivity contribution >= 4 is 11.8 Å². The van der Waals surface area contributed by atoms with Crippen LogP contribution in [-0.4, -0.2) is 60.9 Å². The van der Waals surface area contributed by atoms with Gasteiger partial charge < -0.3 is 19.5 Å². The molecule has 0 atom stereocenters. The van der Waals surface area contributed by atoms with E-state index in [9.17, 15) is 9.59 Å². The van der Waals surface area contributed by atoms with E-state index in [1.165, 1.54) is 19.3 Å². The number of nitrogens with one attached hydrogen (secondary N) is 1. The van der Waals surface area contributed by atoms with Crippen LogP contribution in [0, 0.1) is 13.8 Å². The first-order chi connectivity index (χ1) is 12.0. The monoisotopic (exact) mass is 349 g/mol. The van der Waals surface area contributed by atoms with Gasteiger partial charge in [0, 0.05) is 32.6 Å². The fourth-order valence-electron chi connectivity index (χ4n) is 3.28. The average molecular weight is 349 g/mol. The van der Waals surface area contributed by atoms with Crippen molar-refractivity contribution in [3.8, 4) is 0 Å². The molecule has 1 aromatic rings. The summed E-state index contributed by atoms with van der Waals surface area (Å²) >= 11 is 0. The molecule has 0 radical (unpaired) electrons. The number of hydrogen-bond donors (Lipinski definition) is 1. The number of nitrogens with zero attached hydrogens (tertiary/aromatic N) is 2. The molecule has 1 fully saturated rings. The highest BCUT2D eigenvalue weighted by Gasteiger charge is 2.20. The molecule has 2 rings (SSSR count). The van der Waals surface area contributed by atoms with Gasteiger partial charge in [0.2, 0.25) is 5.91 Å². The Morgan fingerprint density at radius 1 is 1.24 bits per heavy atom. The van der Waals surface area contributed by atoms with Gasteiger partial charge in [-0.3, -0.25) is 9.59 Å². The molecule has 1 aromatic heterocycles. The normalized spacial score (nSPS) is 15.2. The Morgan fingerprint density at radius 3 is 2.56 bits per heavy atom. The highest BCUT2D eigenvalue weighted by atomic mass is 16.3. The first-order valence-electron chi connectivity index (χ1n) is 9.36. The fraction of sp³-hybridized carbons (Fsp3) is 0.684. The SMILES string of the molecule is CCN(CCC(=O)NCCN1CCCCC1)C(=O)c1cc(C)oc1C. The van der Waals surface area contributed by atoms with Gasteiger partial charge in [0.25, 0.3) is 5.91 Å². The molecule has 1 saturated heterocycles. The molecule has 25 heavy (non-hydrogen) atoms. The van der Waals surface area contributed by atoms with E-state index in [-0.39, 0.29) is 11.8 Å². The Bertz CT molecular complexity index is 576. The third-order valence-corrected chi connectivity index (χ3v) is 4.75. The molecular formula is C19H31N3O3. The molecule has 0 aromatic carbocycles. The van der Waals surface area contributed by atoms with Gasteiger partial charge in [0.05, 0.1) is 5.56 Å². The Morgan fingerprint density at radius 2 is 1.96 bits per heavy atom. The second-order valence-electron chi connectivity index (χ2n) is 6.71. The molecule has 6 nitrogen and oxygen atoms in total. The summed E-state index contributed by atoms with van der Waals surface area (Å²) in [6.07, 6.45) is 4.16. The van der Waals surface area contributed by atoms with Crippen molar-refractivity contribution in [1.29, 1.82) is 0 Å². The van der Waals surface area contributed by atoms with E-state index in [0.717, 1.165) is 25.4 Å². The van der Waals surface area contributed by atoms with Crippen LogP contribution in [0.25, 0.3) is 0 Å². The van der Waals surface area contributed by atoms with Crippen LogP contribution in [0.5, 0.6) is 0 Å². The lowest BCUT2D eigenvalue weighted by molar-refractivity contribution is -0.121. The molecule has 1 aliphatic heterocycles. The summed E-state index contributed by atoms with van der Waals surface area (Å²) in [5.41, 5.74) is 0.588. The van der Waals surface area contributed by atoms with Crippen molar-refractivity contribution in [2.45, 2.75) is 46.5 Å². The van der Waals surface area contributed by atoms with Gasteiger partial charge >= 0.3 is 0 Å². The Balaban J connectivity index is 1.72. The van der Waals surface area contributed by atoms with Crippen LogP contribution in [0.15, 0.2) is 10.5 Å². The smallest absolute Gasteiger partial charge is 0.257 e. The van der Waals surface area contributed by atoms with Gasteiger partial charge in [-0.1, -0.05) is 6.42 Å². The Labute approximate surface area is 150 Å². The van der Waals surface area contributed by atoms with Crippen LogP contribution in [0.3, 0.4) is 0 Å². The number of carbonyl (C=O) groups is 2. The second kappa shape index (κ2) is 9.61. The number of piperidine rings is 1. The van der Waals surface area contributed by atoms with Crippen LogP contribution < -0.4 is 5.32 Å². The van der Waals surface area contributed by atoms with Gasteiger partial charge in [-0.25, -0.2) is 0 Å². The van der Waals surface area contributed by atoms with E-state index in [1.54, 1.807) is 17.9 Å². The van der Waals surface area contributed by atoms with Crippen LogP contribution in [0.2, 0.25) is 0 Å². The van der Waals surface area contributed by atoms with Crippen molar-refractivity contribution in [3.63, 3.8) is 0 Å². The van der Waals surface area contributed by atoms with E-state index in [0.29, 0.717) is 37.4 Å². The summed E-state index contributed by atoms with van der Waals surface area (Å²) < 4.78 is 5.44. The number of carbonyl (C=O) groups excluding carboxylic acids is 2. The largest absolute Gasteiger partial charge is 0.466 e. The first kappa shape index (κ1) is 19.5. The minimum absolute atomic E-state index is 0.00311. The molecule has 140 valence electrons. The van der Waals surface area contributed by atoms with E-state index in [4.69, 9.17) is 4.42 Å². The Kier molecular flexibility index (Phi) is 7.50. The van der Waals surface area contributed by atoms with Crippen LogP contribution in [0.1, 0.15) is 54.5 Å². The number of rotatable bonds is 8. The van der Waals surface area contributed by atoms with E-state index in [1.807, 2.05) is 13.8 Å². The zero-order chi connectivity index (χ0) is 18.2. The highest BCUT2D eigenvalue weighted by molar-refractivity contribution is 5.95. The molecule has 6 heteroatoms. The van der Waals surface area contributed by atoms with Crippen molar-refractivity contribution in [2.24, 2.45) is 0 Å². The van der Waals surface area contributed by atoms with Crippen molar-refractivity contribution < 1.29 is 14.0 Å². The van der Waals surface area contributed by atoms with Gasteiger partial charge in [0.1, 0.15) is 11.5 Å². The minimum Gasteiger partial charge on any atom is -0.466 e. The molecule has 0 aliphatic carbocycles. The number of hydrogen-bond acceptors (Lipinski definition) is 4. The molecule has 0 unspecified atom stereocenters. The number of amides is 2. The highest BCUT2D eigenvalue weighted by Crippen LogP contribution is 2.16. The summed E-state index contributed by atoms with van der Waals surface area (Å²) in [6, 6.07) is 1.76. The number of furan rings is 1. The second-order valence-corrected chi connectivity index (χ2v) is 6.71. The topological polar surface area (TPSA) is 65.8 Å². The van der Waals surface area contributed by atoms with Gasteiger partial charge in [-0.05, 0) is 52.8 Å². The fourth-order valence-corrected chi connectivity index (χ4v) is 3.28. The molecule has 0 saturated carbocycles. The first-order valence-corrected chi connectivity index (χ1v) is 9.36. The van der Waals surface area contributed by atoms with Crippen LogP contribution >= 0.6 is 0 Å². The predicted molar refractivity (Wildman–Crippen MR) is 97.7 cm³/mol. The van der Waals surface area contributed by atoms with Crippen LogP contribution in [0.4, 0.5) is 0 Å². The lowest BCUT2D eigenvalue weighted by atomic mass is 10.1. The van der Waals surface area contributed by atoms with E-state index >= 15 is 0 Å². The van der Waals surface area contributed by atoms with Gasteiger partial charge in [0.15, 0.2) is 0 Å². The summed E-state index contributed by atoms with van der Waals surface area (Å²) in [7, 11) is 0. The average Bonchev–Trinajstić information content (AvgIpc) is 2.94. The summed E-state index contributed by atoms with van der Waals surface area (Å²) in [6.45, 7) is 10.4. The summed E-state index contributed by atoms with van der Waals surface area (Å²) in [5.74, 6) is 1.29. The Hall–Kier alpha value is -1.82. The summed E-state index contributed by atoms with van der Waals surface area (Å²) in [5, 5.41) is 2.97. The quantitative estimate of drug-likeness (QED) is 0.782. The lowest BCUT2D eigenvalue weighted by Gasteiger charge is -2.26. The van der Waals surface area contributed by atoms with Gasteiger partial charge in [-0.15, -0.1) is 0 Å². The lowest BCUT2D eigenvalue weighted by Crippen LogP contribution is -2.39. The maximum Gasteiger partial charge on any atom is 0.257 e. The summed E-state index contributed by atoms with van der Waals surface area (Å²) in [4.78, 5) is 28.7. The van der Waals surface area contributed by atoms with Gasteiger partial charge in [-0.2, -0.15) is 0 Å². The van der Waals surface area contributed by atoms with E-state index < -0.39 is 0 Å². The third kappa shape index (κ3) is 5.88. The van der Waals surface area contributed by atoms with Crippen LogP contribution in [-0.2, 0) is 4.79 Å². The zero-order valence-electron chi connectivity index (χ0n) is 15.8. The standard InChI is InChI=1S/C19H31N3O3/c1-4-22(19(24)17-14-15(2)25-16(17)3)12-8-18(23)20-9-13-21-10-6-5-7-11-21/h14H,4-13H2,1-3H3,(H,20,23).